The molecule has 1 heterocycles. The molecule has 0 aliphatic carbocycles. The number of ether oxygens (including phenoxy) is 4. The van der Waals surface area contributed by atoms with Gasteiger partial charge in [0.1, 0.15) is 6.04 Å². The van der Waals surface area contributed by atoms with Crippen LogP contribution >= 0.6 is 0 Å². The van der Waals surface area contributed by atoms with Crippen LogP contribution in [0.5, 0.6) is 0 Å². The fourth-order valence-corrected chi connectivity index (χ4v) is 4.23. The van der Waals surface area contributed by atoms with Gasteiger partial charge in [-0.1, -0.05) is 30.3 Å². The number of amides is 2. The molecule has 1 N–H and O–H groups in total. The molecule has 5 atom stereocenters. The number of nitrogens with one attached hydrogen (secondary N) is 1. The Morgan fingerprint density at radius 1 is 0.800 bits per heavy atom. The summed E-state index contributed by atoms with van der Waals surface area (Å²) >= 11 is 0. The number of carbonyl (C=O) groups is 5. The van der Waals surface area contributed by atoms with Crippen molar-refractivity contribution < 1.29 is 42.9 Å². The Labute approximate surface area is 267 Å². The lowest BCUT2D eigenvalue weighted by Gasteiger charge is -2.46. The van der Waals surface area contributed by atoms with Crippen LogP contribution in [0, 0.1) is 16.2 Å². The van der Waals surface area contributed by atoms with Crippen molar-refractivity contribution in [3.63, 3.8) is 0 Å². The molecule has 0 aromatic heterocycles. The summed E-state index contributed by atoms with van der Waals surface area (Å²) in [5.74, 6) is -2.38. The highest BCUT2D eigenvalue weighted by atomic mass is 16.7. The lowest BCUT2D eigenvalue weighted by molar-refractivity contribution is -0.256. The molecule has 0 unspecified atom stereocenters. The molecular weight excluding hydrogens is 580 g/mol. The van der Waals surface area contributed by atoms with E-state index in [2.05, 4.69) is 5.32 Å². The number of carbonyl (C=O) groups excluding carboxylic acids is 5. The standard InChI is InChI=1S/C34H52N2O9/c1-31(2,3)28(39)43-23-19-42-27(25(45-30(41)33(7,8)9)24(23)44-29(40)32(4,5)6)36(20-37)22(26(38)35-34(10,11)12)18-21-16-14-13-15-17-21/h13-17,20,22-25,27H,18-19H2,1-12H3,(H,35,38)/t22-,23+,24+,25-,27-/m0/s1. The van der Waals surface area contributed by atoms with Gasteiger partial charge in [-0.05, 0) is 88.6 Å². The van der Waals surface area contributed by atoms with Crippen molar-refractivity contribution in [3.05, 3.63) is 35.9 Å². The van der Waals surface area contributed by atoms with E-state index in [0.29, 0.717) is 6.41 Å². The lowest BCUT2D eigenvalue weighted by Crippen LogP contribution is -2.66. The lowest BCUT2D eigenvalue weighted by atomic mass is 9.94. The first-order valence-electron chi connectivity index (χ1n) is 15.3. The van der Waals surface area contributed by atoms with Crippen molar-refractivity contribution >= 4 is 30.2 Å². The van der Waals surface area contributed by atoms with Crippen molar-refractivity contribution in [3.8, 4) is 0 Å². The molecule has 0 spiro atoms. The maximum absolute atomic E-state index is 13.8. The first kappa shape index (κ1) is 37.7. The Morgan fingerprint density at radius 3 is 1.71 bits per heavy atom. The van der Waals surface area contributed by atoms with E-state index in [4.69, 9.17) is 18.9 Å². The van der Waals surface area contributed by atoms with Crippen molar-refractivity contribution in [2.24, 2.45) is 16.2 Å². The second-order valence-electron chi connectivity index (χ2n) is 15.7. The Hall–Kier alpha value is -3.47. The smallest absolute Gasteiger partial charge is 0.311 e. The summed E-state index contributed by atoms with van der Waals surface area (Å²) in [6, 6.07) is 8.02. The third-order valence-corrected chi connectivity index (χ3v) is 6.83. The summed E-state index contributed by atoms with van der Waals surface area (Å²) in [6.07, 6.45) is -4.81. The summed E-state index contributed by atoms with van der Waals surface area (Å²) in [5, 5.41) is 2.93. The number of hydrogen-bond donors (Lipinski definition) is 1. The highest BCUT2D eigenvalue weighted by Crippen LogP contribution is 2.32. The molecule has 252 valence electrons. The van der Waals surface area contributed by atoms with Gasteiger partial charge in [0.15, 0.2) is 24.5 Å². The fraction of sp³-hybridized carbons (Fsp3) is 0.676. The molecule has 0 saturated carbocycles. The largest absolute Gasteiger partial charge is 0.455 e. The minimum Gasteiger partial charge on any atom is -0.455 e. The third-order valence-electron chi connectivity index (χ3n) is 6.83. The SMILES string of the molecule is CC(C)(C)NC(=O)[C@H](Cc1ccccc1)N(C=O)[C@H]1OC[C@@H](OC(=O)C(C)(C)C)[C@@H](OC(=O)C(C)(C)C)[C@@H]1OC(=O)C(C)(C)C. The van der Waals surface area contributed by atoms with Crippen LogP contribution in [0.25, 0.3) is 0 Å². The van der Waals surface area contributed by atoms with E-state index in [1.165, 1.54) is 0 Å². The quantitative estimate of drug-likeness (QED) is 0.241. The molecule has 11 nitrogen and oxygen atoms in total. The van der Waals surface area contributed by atoms with Gasteiger partial charge in [-0.15, -0.1) is 0 Å². The third kappa shape index (κ3) is 10.8. The van der Waals surface area contributed by atoms with Gasteiger partial charge in [-0.3, -0.25) is 24.0 Å². The van der Waals surface area contributed by atoms with Gasteiger partial charge in [0, 0.05) is 12.0 Å². The van der Waals surface area contributed by atoms with Gasteiger partial charge in [0.2, 0.25) is 12.3 Å². The summed E-state index contributed by atoms with van der Waals surface area (Å²) < 4.78 is 23.9. The van der Waals surface area contributed by atoms with Crippen molar-refractivity contribution in [2.45, 2.75) is 126 Å². The molecule has 0 bridgehead atoms. The number of benzene rings is 1. The van der Waals surface area contributed by atoms with E-state index in [1.807, 2.05) is 51.1 Å². The Balaban J connectivity index is 2.71. The van der Waals surface area contributed by atoms with Gasteiger partial charge in [-0.2, -0.15) is 0 Å². The maximum atomic E-state index is 13.8. The monoisotopic (exact) mass is 632 g/mol. The van der Waals surface area contributed by atoms with Gasteiger partial charge < -0.3 is 29.2 Å². The van der Waals surface area contributed by atoms with Crippen LogP contribution in [0.3, 0.4) is 0 Å². The normalized spacial score (nSPS) is 21.6. The van der Waals surface area contributed by atoms with Crippen LogP contribution < -0.4 is 5.32 Å². The molecule has 1 aliphatic heterocycles. The van der Waals surface area contributed by atoms with Crippen molar-refractivity contribution in [2.75, 3.05) is 6.61 Å². The van der Waals surface area contributed by atoms with Crippen LogP contribution in [0.4, 0.5) is 0 Å². The molecule has 11 heteroatoms. The molecule has 1 fully saturated rings. The van der Waals surface area contributed by atoms with Crippen LogP contribution in [-0.2, 0) is 49.3 Å². The van der Waals surface area contributed by atoms with E-state index in [0.717, 1.165) is 10.5 Å². The van der Waals surface area contributed by atoms with Gasteiger partial charge in [-0.25, -0.2) is 0 Å². The zero-order valence-corrected chi connectivity index (χ0v) is 28.9. The maximum Gasteiger partial charge on any atom is 0.311 e. The van der Waals surface area contributed by atoms with Crippen LogP contribution in [-0.4, -0.2) is 77.9 Å². The molecule has 2 amide bonds. The van der Waals surface area contributed by atoms with E-state index in [9.17, 15) is 24.0 Å². The summed E-state index contributed by atoms with van der Waals surface area (Å²) in [4.78, 5) is 67.5. The minimum absolute atomic E-state index is 0.107. The van der Waals surface area contributed by atoms with Gasteiger partial charge in [0.05, 0.1) is 22.9 Å². The summed E-state index contributed by atoms with van der Waals surface area (Å²) in [6.45, 7) is 20.1. The summed E-state index contributed by atoms with van der Waals surface area (Å²) in [5.41, 5.74) is -2.75. The first-order valence-corrected chi connectivity index (χ1v) is 15.3. The Bertz CT molecular complexity index is 1200. The van der Waals surface area contributed by atoms with Crippen LogP contribution in [0.2, 0.25) is 0 Å². The second kappa shape index (κ2) is 14.3. The number of hydrogen-bond acceptors (Lipinski definition) is 9. The fourth-order valence-electron chi connectivity index (χ4n) is 4.23. The molecule has 1 aromatic carbocycles. The average Bonchev–Trinajstić information content (AvgIpc) is 2.88. The molecular formula is C34H52N2O9. The van der Waals surface area contributed by atoms with Crippen LogP contribution in [0.1, 0.15) is 88.6 Å². The molecule has 1 aromatic rings. The average molecular weight is 633 g/mol. The molecule has 2 rings (SSSR count). The molecule has 0 radical (unpaired) electrons. The zero-order chi connectivity index (χ0) is 34.5. The topological polar surface area (TPSA) is 138 Å². The minimum atomic E-state index is -1.46. The van der Waals surface area contributed by atoms with E-state index in [-0.39, 0.29) is 13.0 Å². The zero-order valence-electron chi connectivity index (χ0n) is 28.9. The Morgan fingerprint density at radius 2 is 1.27 bits per heavy atom. The number of esters is 3. The van der Waals surface area contributed by atoms with Crippen LogP contribution in [0.15, 0.2) is 30.3 Å². The van der Waals surface area contributed by atoms with Crippen molar-refractivity contribution in [1.82, 2.24) is 10.2 Å². The van der Waals surface area contributed by atoms with Crippen molar-refractivity contribution in [1.29, 1.82) is 0 Å². The predicted molar refractivity (Wildman–Crippen MR) is 167 cm³/mol. The predicted octanol–water partition coefficient (Wildman–Crippen LogP) is 4.20. The number of nitrogens with zero attached hydrogens (tertiary/aromatic N) is 1. The molecule has 45 heavy (non-hydrogen) atoms. The summed E-state index contributed by atoms with van der Waals surface area (Å²) in [7, 11) is 0. The molecule has 1 saturated heterocycles. The van der Waals surface area contributed by atoms with E-state index in [1.54, 1.807) is 62.3 Å². The highest BCUT2D eigenvalue weighted by Gasteiger charge is 2.53. The van der Waals surface area contributed by atoms with E-state index < -0.39 is 76.2 Å². The van der Waals surface area contributed by atoms with Gasteiger partial charge >= 0.3 is 17.9 Å². The number of rotatable bonds is 9. The Kier molecular flexibility index (Phi) is 12.0. The van der Waals surface area contributed by atoms with E-state index >= 15 is 0 Å². The first-order chi connectivity index (χ1) is 20.5. The second-order valence-corrected chi connectivity index (χ2v) is 15.7. The van der Waals surface area contributed by atoms with Gasteiger partial charge in [0.25, 0.3) is 0 Å². The molecule has 1 aliphatic rings. The highest BCUT2D eigenvalue weighted by molar-refractivity contribution is 5.85.